The summed E-state index contributed by atoms with van der Waals surface area (Å²) in [4.78, 5) is 13.2. The fraction of sp³-hybridized carbons (Fsp3) is 0.588. The number of hydrogen-bond donors (Lipinski definition) is 2. The number of anilines is 1. The van der Waals surface area contributed by atoms with Gasteiger partial charge in [-0.3, -0.25) is 9.69 Å². The summed E-state index contributed by atoms with van der Waals surface area (Å²) in [6.07, 6.45) is -0.363. The van der Waals surface area contributed by atoms with Crippen LogP contribution >= 0.6 is 0 Å². The molecular formula is C17H26N2O4. The van der Waals surface area contributed by atoms with E-state index in [0.29, 0.717) is 24.9 Å². The van der Waals surface area contributed by atoms with Gasteiger partial charge in [0.2, 0.25) is 5.91 Å². The van der Waals surface area contributed by atoms with Crippen LogP contribution in [0.25, 0.3) is 0 Å². The second kappa shape index (κ2) is 8.29. The van der Waals surface area contributed by atoms with Crippen LogP contribution in [0.3, 0.4) is 0 Å². The Bertz CT molecular complexity index is 506. The normalized spacial score (nSPS) is 23.3. The fourth-order valence-electron chi connectivity index (χ4n) is 2.58. The van der Waals surface area contributed by atoms with Crippen molar-refractivity contribution in [3.05, 3.63) is 24.3 Å². The van der Waals surface area contributed by atoms with Gasteiger partial charge in [-0.1, -0.05) is 0 Å². The van der Waals surface area contributed by atoms with Crippen LogP contribution in [0.5, 0.6) is 5.75 Å². The summed E-state index contributed by atoms with van der Waals surface area (Å²) < 4.78 is 11.2. The molecule has 1 saturated heterocycles. The number of ether oxygens (including phenoxy) is 2. The van der Waals surface area contributed by atoms with E-state index < -0.39 is 6.10 Å². The van der Waals surface area contributed by atoms with Crippen LogP contribution in [-0.4, -0.2) is 60.5 Å². The van der Waals surface area contributed by atoms with E-state index in [1.54, 1.807) is 24.3 Å². The minimum atomic E-state index is -0.558. The Morgan fingerprint density at radius 3 is 2.78 bits per heavy atom. The number of benzene rings is 1. The Morgan fingerprint density at radius 1 is 1.43 bits per heavy atom. The first-order valence-electron chi connectivity index (χ1n) is 7.98. The largest absolute Gasteiger partial charge is 0.491 e. The number of carbonyl (C=O) groups is 1. The molecule has 6 nitrogen and oxygen atoms in total. The van der Waals surface area contributed by atoms with Gasteiger partial charge in [0.1, 0.15) is 18.5 Å². The quantitative estimate of drug-likeness (QED) is 0.830. The maximum Gasteiger partial charge on any atom is 0.221 e. The lowest BCUT2D eigenvalue weighted by atomic mass is 10.2. The Labute approximate surface area is 137 Å². The number of aliphatic hydroxyl groups excluding tert-OH is 1. The smallest absolute Gasteiger partial charge is 0.221 e. The van der Waals surface area contributed by atoms with Crippen LogP contribution in [-0.2, 0) is 9.53 Å². The molecule has 1 heterocycles. The van der Waals surface area contributed by atoms with E-state index in [9.17, 15) is 9.90 Å². The summed E-state index contributed by atoms with van der Waals surface area (Å²) in [6.45, 7) is 7.92. The summed E-state index contributed by atoms with van der Waals surface area (Å²) in [5.41, 5.74) is 0.724. The van der Waals surface area contributed by atoms with Crippen molar-refractivity contribution < 1.29 is 19.4 Å². The summed E-state index contributed by atoms with van der Waals surface area (Å²) in [5.74, 6) is 0.560. The van der Waals surface area contributed by atoms with Crippen LogP contribution in [0.4, 0.5) is 5.69 Å². The number of hydrogen-bond acceptors (Lipinski definition) is 5. The Morgan fingerprint density at radius 2 is 2.13 bits per heavy atom. The highest BCUT2D eigenvalue weighted by Gasteiger charge is 2.25. The molecule has 23 heavy (non-hydrogen) atoms. The van der Waals surface area contributed by atoms with Gasteiger partial charge in [-0.2, -0.15) is 0 Å². The van der Waals surface area contributed by atoms with E-state index >= 15 is 0 Å². The van der Waals surface area contributed by atoms with Crippen molar-refractivity contribution in [1.29, 1.82) is 0 Å². The first-order valence-corrected chi connectivity index (χ1v) is 7.98. The molecule has 128 valence electrons. The van der Waals surface area contributed by atoms with Crippen LogP contribution in [0.2, 0.25) is 0 Å². The number of aliphatic hydroxyl groups is 1. The molecule has 0 unspecified atom stereocenters. The summed E-state index contributed by atoms with van der Waals surface area (Å²) in [7, 11) is 0. The predicted octanol–water partition coefficient (Wildman–Crippen LogP) is 1.49. The molecule has 1 aromatic carbocycles. The molecule has 0 aromatic heterocycles. The summed E-state index contributed by atoms with van der Waals surface area (Å²) >= 11 is 0. The number of amides is 1. The van der Waals surface area contributed by atoms with E-state index in [1.165, 1.54) is 6.92 Å². The standard InChI is InChI=1S/C17H26N2O4/c1-12-10-22-13(2)8-19(12)9-16(21)11-23-17-6-4-15(5-7-17)18-14(3)20/h4-7,12-13,16,21H,8-11H2,1-3H3,(H,18,20)/t12-,13-,16+/m0/s1. The second-order valence-corrected chi connectivity index (χ2v) is 6.12. The van der Waals surface area contributed by atoms with Gasteiger partial charge in [-0.15, -0.1) is 0 Å². The molecule has 3 atom stereocenters. The molecule has 0 saturated carbocycles. The first-order chi connectivity index (χ1) is 10.9. The molecule has 0 bridgehead atoms. The second-order valence-electron chi connectivity index (χ2n) is 6.12. The average Bonchev–Trinajstić information content (AvgIpc) is 2.50. The Hall–Kier alpha value is -1.63. The van der Waals surface area contributed by atoms with Crippen molar-refractivity contribution in [3.63, 3.8) is 0 Å². The lowest BCUT2D eigenvalue weighted by molar-refractivity contribution is -0.114. The van der Waals surface area contributed by atoms with E-state index in [0.717, 1.165) is 12.2 Å². The zero-order valence-corrected chi connectivity index (χ0v) is 14.0. The third-order valence-electron chi connectivity index (χ3n) is 3.80. The maximum atomic E-state index is 11.0. The molecular weight excluding hydrogens is 296 g/mol. The number of β-amino-alcohol motifs (C(OH)–C–C–N with tert-alkyl or cyclic N) is 1. The van der Waals surface area contributed by atoms with Crippen molar-refractivity contribution in [2.24, 2.45) is 0 Å². The predicted molar refractivity (Wildman–Crippen MR) is 88.7 cm³/mol. The first kappa shape index (κ1) is 17.7. The number of morpholine rings is 1. The molecule has 0 spiro atoms. The Kier molecular flexibility index (Phi) is 6.38. The van der Waals surface area contributed by atoms with Gasteiger partial charge in [0, 0.05) is 31.7 Å². The Balaban J connectivity index is 1.77. The van der Waals surface area contributed by atoms with Crippen LogP contribution in [0.1, 0.15) is 20.8 Å². The third kappa shape index (κ3) is 5.82. The molecule has 0 aliphatic carbocycles. The highest BCUT2D eigenvalue weighted by atomic mass is 16.5. The zero-order valence-electron chi connectivity index (χ0n) is 14.0. The molecule has 2 rings (SSSR count). The van der Waals surface area contributed by atoms with Gasteiger partial charge < -0.3 is 19.9 Å². The zero-order chi connectivity index (χ0) is 16.8. The molecule has 1 aliphatic heterocycles. The molecule has 1 aliphatic rings. The SMILES string of the molecule is CC(=O)Nc1ccc(OC[C@H](O)CN2C[C@H](C)OC[C@@H]2C)cc1. The molecule has 0 radical (unpaired) electrons. The van der Waals surface area contributed by atoms with Gasteiger partial charge in [-0.05, 0) is 38.1 Å². The van der Waals surface area contributed by atoms with E-state index in [-0.39, 0.29) is 18.6 Å². The minimum absolute atomic E-state index is 0.108. The fourth-order valence-corrected chi connectivity index (χ4v) is 2.58. The summed E-state index contributed by atoms with van der Waals surface area (Å²) in [5, 5.41) is 12.9. The van der Waals surface area contributed by atoms with E-state index in [2.05, 4.69) is 17.1 Å². The summed E-state index contributed by atoms with van der Waals surface area (Å²) in [6, 6.07) is 7.40. The average molecular weight is 322 g/mol. The van der Waals surface area contributed by atoms with Crippen molar-refractivity contribution in [2.75, 3.05) is 31.6 Å². The van der Waals surface area contributed by atoms with Gasteiger partial charge in [-0.25, -0.2) is 0 Å². The van der Waals surface area contributed by atoms with Crippen molar-refractivity contribution in [1.82, 2.24) is 4.90 Å². The molecule has 1 amide bonds. The monoisotopic (exact) mass is 322 g/mol. The van der Waals surface area contributed by atoms with Crippen molar-refractivity contribution in [2.45, 2.75) is 39.0 Å². The molecule has 6 heteroatoms. The van der Waals surface area contributed by atoms with Gasteiger partial charge in [0.15, 0.2) is 0 Å². The third-order valence-corrected chi connectivity index (χ3v) is 3.80. The minimum Gasteiger partial charge on any atom is -0.491 e. The lowest BCUT2D eigenvalue weighted by Crippen LogP contribution is -2.50. The topological polar surface area (TPSA) is 71.0 Å². The number of rotatable bonds is 6. The van der Waals surface area contributed by atoms with Crippen LogP contribution < -0.4 is 10.1 Å². The lowest BCUT2D eigenvalue weighted by Gasteiger charge is -2.37. The van der Waals surface area contributed by atoms with E-state index in [1.807, 2.05) is 6.92 Å². The van der Waals surface area contributed by atoms with Crippen LogP contribution in [0, 0.1) is 0 Å². The van der Waals surface area contributed by atoms with E-state index in [4.69, 9.17) is 9.47 Å². The van der Waals surface area contributed by atoms with Crippen molar-refractivity contribution >= 4 is 11.6 Å². The molecule has 1 fully saturated rings. The van der Waals surface area contributed by atoms with Crippen LogP contribution in [0.15, 0.2) is 24.3 Å². The van der Waals surface area contributed by atoms with Gasteiger partial charge in [0.05, 0.1) is 12.7 Å². The number of nitrogens with zero attached hydrogens (tertiary/aromatic N) is 1. The van der Waals surface area contributed by atoms with Crippen molar-refractivity contribution in [3.8, 4) is 5.75 Å². The number of carbonyl (C=O) groups excluding carboxylic acids is 1. The highest BCUT2D eigenvalue weighted by Crippen LogP contribution is 2.16. The maximum absolute atomic E-state index is 11.0. The number of nitrogens with one attached hydrogen (secondary N) is 1. The van der Waals surface area contributed by atoms with Gasteiger partial charge >= 0.3 is 0 Å². The highest BCUT2D eigenvalue weighted by molar-refractivity contribution is 5.88. The molecule has 2 N–H and O–H groups in total. The van der Waals surface area contributed by atoms with Gasteiger partial charge in [0.25, 0.3) is 0 Å². The molecule has 1 aromatic rings.